The maximum atomic E-state index is 5.60. The molecule has 3 heteroatoms. The van der Waals surface area contributed by atoms with E-state index in [2.05, 4.69) is 59.5 Å². The van der Waals surface area contributed by atoms with Crippen molar-refractivity contribution in [3.8, 4) is 0 Å². The molecular weight excluding hydrogens is 260 g/mol. The van der Waals surface area contributed by atoms with Crippen molar-refractivity contribution in [2.24, 2.45) is 0 Å². The van der Waals surface area contributed by atoms with Gasteiger partial charge in [-0.2, -0.15) is 0 Å². The topological polar surface area (TPSA) is 30.1 Å². The average molecular weight is 280 g/mol. The second kappa shape index (κ2) is 6.46. The van der Waals surface area contributed by atoms with Crippen LogP contribution in [0.5, 0.6) is 0 Å². The highest BCUT2D eigenvalue weighted by Gasteiger charge is 2.16. The third-order valence-electron chi connectivity index (χ3n) is 3.65. The lowest BCUT2D eigenvalue weighted by molar-refractivity contribution is 0.446. The molecule has 0 aliphatic carbocycles. The predicted molar refractivity (Wildman–Crippen MR) is 83.9 cm³/mol. The van der Waals surface area contributed by atoms with Gasteiger partial charge in [0.05, 0.1) is 12.3 Å². The summed E-state index contributed by atoms with van der Waals surface area (Å²) in [6.07, 6.45) is 6.01. The largest absolute Gasteiger partial charge is 0.467 e. The third-order valence-corrected chi connectivity index (χ3v) is 3.65. The third kappa shape index (κ3) is 3.26. The van der Waals surface area contributed by atoms with Gasteiger partial charge >= 0.3 is 0 Å². The lowest BCUT2D eigenvalue weighted by atomic mass is 10.0. The fourth-order valence-corrected chi connectivity index (χ4v) is 2.50. The molecular formula is C18H20N2O. The quantitative estimate of drug-likeness (QED) is 0.740. The minimum Gasteiger partial charge on any atom is -0.467 e. The summed E-state index contributed by atoms with van der Waals surface area (Å²) >= 11 is 0. The number of aromatic nitrogens is 1. The highest BCUT2D eigenvalue weighted by molar-refractivity contribution is 5.26. The number of nitrogens with one attached hydrogen (secondary N) is 1. The fraction of sp³-hybridized carbons (Fsp3) is 0.222. The van der Waals surface area contributed by atoms with Crippen LogP contribution in [0.1, 0.15) is 29.9 Å². The summed E-state index contributed by atoms with van der Waals surface area (Å²) in [4.78, 5) is 0. The van der Waals surface area contributed by atoms with Crippen molar-refractivity contribution in [2.75, 3.05) is 0 Å². The Kier molecular flexibility index (Phi) is 4.22. The second-order valence-electron chi connectivity index (χ2n) is 5.09. The van der Waals surface area contributed by atoms with Gasteiger partial charge in [-0.25, -0.2) is 0 Å². The van der Waals surface area contributed by atoms with Crippen LogP contribution in [0.15, 0.2) is 71.6 Å². The Morgan fingerprint density at radius 2 is 1.95 bits per heavy atom. The van der Waals surface area contributed by atoms with Crippen molar-refractivity contribution in [2.45, 2.75) is 26.1 Å². The zero-order valence-electron chi connectivity index (χ0n) is 12.2. The fourth-order valence-electron chi connectivity index (χ4n) is 2.50. The molecule has 0 bridgehead atoms. The molecule has 2 aromatic heterocycles. The summed E-state index contributed by atoms with van der Waals surface area (Å²) < 4.78 is 7.78. The van der Waals surface area contributed by atoms with E-state index in [1.807, 2.05) is 18.2 Å². The van der Waals surface area contributed by atoms with Crippen molar-refractivity contribution in [3.05, 3.63) is 84.1 Å². The zero-order valence-corrected chi connectivity index (χ0v) is 12.2. The summed E-state index contributed by atoms with van der Waals surface area (Å²) in [6, 6.07) is 16.6. The summed E-state index contributed by atoms with van der Waals surface area (Å²) in [6.45, 7) is 3.96. The number of hydrogen-bond acceptors (Lipinski definition) is 2. The zero-order chi connectivity index (χ0) is 14.5. The molecule has 1 unspecified atom stereocenters. The lowest BCUT2D eigenvalue weighted by Gasteiger charge is -2.16. The van der Waals surface area contributed by atoms with Gasteiger partial charge in [0, 0.05) is 25.5 Å². The molecule has 0 spiro atoms. The van der Waals surface area contributed by atoms with Crippen molar-refractivity contribution < 1.29 is 4.42 Å². The molecule has 1 aromatic carbocycles. The molecule has 0 saturated carbocycles. The van der Waals surface area contributed by atoms with Crippen LogP contribution in [0.3, 0.4) is 0 Å². The van der Waals surface area contributed by atoms with E-state index in [1.165, 1.54) is 11.1 Å². The van der Waals surface area contributed by atoms with Crippen molar-refractivity contribution in [1.82, 2.24) is 9.88 Å². The molecule has 3 nitrogen and oxygen atoms in total. The first-order valence-corrected chi connectivity index (χ1v) is 7.33. The lowest BCUT2D eigenvalue weighted by Crippen LogP contribution is -2.21. The molecule has 0 aliphatic heterocycles. The van der Waals surface area contributed by atoms with Gasteiger partial charge in [0.15, 0.2) is 0 Å². The summed E-state index contributed by atoms with van der Waals surface area (Å²) in [7, 11) is 0. The van der Waals surface area contributed by atoms with Crippen molar-refractivity contribution in [3.63, 3.8) is 0 Å². The maximum Gasteiger partial charge on any atom is 0.125 e. The summed E-state index contributed by atoms with van der Waals surface area (Å²) in [5.41, 5.74) is 2.49. The molecule has 21 heavy (non-hydrogen) atoms. The van der Waals surface area contributed by atoms with Crippen LogP contribution in [-0.2, 0) is 13.1 Å². The Morgan fingerprint density at radius 1 is 1.10 bits per heavy atom. The molecule has 108 valence electrons. The van der Waals surface area contributed by atoms with Gasteiger partial charge in [0.25, 0.3) is 0 Å². The normalized spacial score (nSPS) is 12.4. The van der Waals surface area contributed by atoms with Crippen LogP contribution in [0.2, 0.25) is 0 Å². The molecule has 0 amide bonds. The minimum atomic E-state index is 0.0752. The minimum absolute atomic E-state index is 0.0752. The van der Waals surface area contributed by atoms with E-state index in [4.69, 9.17) is 4.42 Å². The smallest absolute Gasteiger partial charge is 0.125 e. The number of aryl methyl sites for hydroxylation is 1. The van der Waals surface area contributed by atoms with Gasteiger partial charge in [-0.05, 0) is 36.2 Å². The van der Waals surface area contributed by atoms with E-state index in [0.717, 1.165) is 18.8 Å². The Hall–Kier alpha value is -2.26. The molecule has 0 fully saturated rings. The van der Waals surface area contributed by atoms with Crippen LogP contribution in [0, 0.1) is 0 Å². The SMILES string of the molecule is CCn1ccc(CNC(c2ccccc2)c2ccco2)c1. The van der Waals surface area contributed by atoms with Gasteiger partial charge in [-0.1, -0.05) is 30.3 Å². The van der Waals surface area contributed by atoms with Gasteiger partial charge < -0.3 is 8.98 Å². The summed E-state index contributed by atoms with van der Waals surface area (Å²) in [5.74, 6) is 0.941. The maximum absolute atomic E-state index is 5.60. The number of nitrogens with zero attached hydrogens (tertiary/aromatic N) is 1. The first kappa shape index (κ1) is 13.7. The molecule has 1 N–H and O–H groups in total. The molecule has 0 saturated heterocycles. The van der Waals surface area contributed by atoms with Gasteiger partial charge in [-0.15, -0.1) is 0 Å². The van der Waals surface area contributed by atoms with Crippen molar-refractivity contribution in [1.29, 1.82) is 0 Å². The molecule has 1 atom stereocenters. The van der Waals surface area contributed by atoms with E-state index >= 15 is 0 Å². The summed E-state index contributed by atoms with van der Waals surface area (Å²) in [5, 5.41) is 3.59. The first-order chi connectivity index (χ1) is 10.4. The van der Waals surface area contributed by atoms with E-state index < -0.39 is 0 Å². The molecule has 2 heterocycles. The van der Waals surface area contributed by atoms with Gasteiger partial charge in [-0.3, -0.25) is 5.32 Å². The highest BCUT2D eigenvalue weighted by atomic mass is 16.3. The Balaban J connectivity index is 1.77. The van der Waals surface area contributed by atoms with E-state index in [1.54, 1.807) is 6.26 Å². The predicted octanol–water partition coefficient (Wildman–Crippen LogP) is 3.98. The second-order valence-corrected chi connectivity index (χ2v) is 5.09. The van der Waals surface area contributed by atoms with Crippen molar-refractivity contribution >= 4 is 0 Å². The van der Waals surface area contributed by atoms with E-state index in [-0.39, 0.29) is 6.04 Å². The Bertz CT molecular complexity index is 656. The Labute approximate surface area is 125 Å². The van der Waals surface area contributed by atoms with Crippen LogP contribution < -0.4 is 5.32 Å². The van der Waals surface area contributed by atoms with Crippen LogP contribution in [-0.4, -0.2) is 4.57 Å². The van der Waals surface area contributed by atoms with Crippen LogP contribution in [0.4, 0.5) is 0 Å². The highest BCUT2D eigenvalue weighted by Crippen LogP contribution is 2.22. The number of rotatable bonds is 6. The Morgan fingerprint density at radius 3 is 2.62 bits per heavy atom. The molecule has 3 aromatic rings. The molecule has 3 rings (SSSR count). The van der Waals surface area contributed by atoms with E-state index in [9.17, 15) is 0 Å². The standard InChI is InChI=1S/C18H20N2O/c1-2-20-11-10-15(14-20)13-19-18(17-9-6-12-21-17)16-7-4-3-5-8-16/h3-12,14,18-19H,2,13H2,1H3. The average Bonchev–Trinajstić information content (AvgIpc) is 3.20. The number of hydrogen-bond donors (Lipinski definition) is 1. The van der Waals surface area contributed by atoms with Gasteiger partial charge in [0.2, 0.25) is 0 Å². The monoisotopic (exact) mass is 280 g/mol. The van der Waals surface area contributed by atoms with Gasteiger partial charge in [0.1, 0.15) is 5.76 Å². The first-order valence-electron chi connectivity index (χ1n) is 7.33. The molecule has 0 radical (unpaired) electrons. The number of furan rings is 1. The number of benzene rings is 1. The molecule has 0 aliphatic rings. The van der Waals surface area contributed by atoms with E-state index in [0.29, 0.717) is 0 Å². The van der Waals surface area contributed by atoms with Crippen LogP contribution >= 0.6 is 0 Å². The van der Waals surface area contributed by atoms with Crippen LogP contribution in [0.25, 0.3) is 0 Å².